The van der Waals surface area contributed by atoms with Crippen LogP contribution in [0.25, 0.3) is 0 Å². The molecule has 1 spiro atoms. The van der Waals surface area contributed by atoms with Crippen molar-refractivity contribution >= 4 is 23.4 Å². The van der Waals surface area contributed by atoms with Crippen molar-refractivity contribution in [1.29, 1.82) is 0 Å². The van der Waals surface area contributed by atoms with E-state index < -0.39 is 11.7 Å². The SMILES string of the molecule is CC1CN(C(=O)C(C)N2CCC3(CCC2=O)NC(=O)c2ccccc2N3)CC(C)O1. The van der Waals surface area contributed by atoms with Gasteiger partial charge in [-0.1, -0.05) is 12.1 Å². The van der Waals surface area contributed by atoms with Crippen molar-refractivity contribution in [2.24, 2.45) is 0 Å². The summed E-state index contributed by atoms with van der Waals surface area (Å²) in [6.07, 6.45) is 1.24. The van der Waals surface area contributed by atoms with E-state index in [2.05, 4.69) is 10.6 Å². The van der Waals surface area contributed by atoms with E-state index in [4.69, 9.17) is 4.74 Å². The number of amides is 3. The molecule has 2 fully saturated rings. The number of likely N-dealkylation sites (tertiary alicyclic amines) is 1. The van der Waals surface area contributed by atoms with Gasteiger partial charge >= 0.3 is 0 Å². The molecule has 8 nitrogen and oxygen atoms in total. The second-order valence-corrected chi connectivity index (χ2v) is 8.72. The van der Waals surface area contributed by atoms with Gasteiger partial charge in [-0.15, -0.1) is 0 Å². The molecular weight excluding hydrogens is 384 g/mol. The first-order valence-corrected chi connectivity index (χ1v) is 10.7. The standard InChI is InChI=1S/C22H30N4O4/c1-14-12-25(13-15(2)30-14)21(29)16(3)26-11-10-22(9-8-19(26)27)23-18-7-5-4-6-17(18)20(28)24-22/h4-7,14-16,23H,8-13H2,1-3H3,(H,24,28). The molecule has 2 N–H and O–H groups in total. The Labute approximate surface area is 176 Å². The number of fused-ring (bicyclic) bond motifs is 1. The molecule has 0 radical (unpaired) electrons. The zero-order valence-electron chi connectivity index (χ0n) is 17.8. The molecule has 8 heteroatoms. The number of anilines is 1. The summed E-state index contributed by atoms with van der Waals surface area (Å²) in [6.45, 7) is 7.18. The van der Waals surface area contributed by atoms with Gasteiger partial charge in [0.25, 0.3) is 5.91 Å². The highest BCUT2D eigenvalue weighted by Crippen LogP contribution is 2.32. The number of hydrogen-bond acceptors (Lipinski definition) is 5. The van der Waals surface area contributed by atoms with Crippen molar-refractivity contribution in [1.82, 2.24) is 15.1 Å². The highest BCUT2D eigenvalue weighted by atomic mass is 16.5. The molecule has 1 aromatic carbocycles. The van der Waals surface area contributed by atoms with Crippen molar-refractivity contribution < 1.29 is 19.1 Å². The summed E-state index contributed by atoms with van der Waals surface area (Å²) < 4.78 is 5.72. The molecule has 0 bridgehead atoms. The Morgan fingerprint density at radius 1 is 1.13 bits per heavy atom. The summed E-state index contributed by atoms with van der Waals surface area (Å²) in [7, 11) is 0. The van der Waals surface area contributed by atoms with Crippen molar-refractivity contribution in [3.63, 3.8) is 0 Å². The van der Waals surface area contributed by atoms with E-state index in [1.807, 2.05) is 32.0 Å². The lowest BCUT2D eigenvalue weighted by molar-refractivity contribution is -0.152. The number of rotatable bonds is 2. The van der Waals surface area contributed by atoms with Crippen LogP contribution in [0, 0.1) is 0 Å². The second kappa shape index (κ2) is 7.91. The van der Waals surface area contributed by atoms with E-state index in [0.717, 1.165) is 5.69 Å². The van der Waals surface area contributed by atoms with Gasteiger partial charge in [0.2, 0.25) is 11.8 Å². The minimum atomic E-state index is -0.680. The van der Waals surface area contributed by atoms with Gasteiger partial charge in [0, 0.05) is 38.2 Å². The first kappa shape index (κ1) is 20.7. The van der Waals surface area contributed by atoms with Crippen molar-refractivity contribution in [2.45, 2.75) is 63.9 Å². The lowest BCUT2D eigenvalue weighted by atomic mass is 9.95. The van der Waals surface area contributed by atoms with Gasteiger partial charge in [-0.05, 0) is 39.3 Å². The maximum Gasteiger partial charge on any atom is 0.255 e. The summed E-state index contributed by atoms with van der Waals surface area (Å²) >= 11 is 0. The van der Waals surface area contributed by atoms with E-state index >= 15 is 0 Å². The summed E-state index contributed by atoms with van der Waals surface area (Å²) in [5, 5.41) is 6.52. The maximum absolute atomic E-state index is 13.1. The molecule has 3 amide bonds. The lowest BCUT2D eigenvalue weighted by Crippen LogP contribution is -2.58. The van der Waals surface area contributed by atoms with Crippen LogP contribution in [-0.4, -0.2) is 71.1 Å². The normalized spacial score (nSPS) is 30.2. The van der Waals surface area contributed by atoms with Crippen LogP contribution >= 0.6 is 0 Å². The van der Waals surface area contributed by atoms with Gasteiger partial charge in [0.15, 0.2) is 0 Å². The Morgan fingerprint density at radius 3 is 2.57 bits per heavy atom. The van der Waals surface area contributed by atoms with Crippen molar-refractivity contribution in [2.75, 3.05) is 25.0 Å². The number of para-hydroxylation sites is 1. The minimum absolute atomic E-state index is 0.0188. The molecule has 0 aromatic heterocycles. The van der Waals surface area contributed by atoms with E-state index in [1.54, 1.807) is 22.8 Å². The fraction of sp³-hybridized carbons (Fsp3) is 0.591. The zero-order chi connectivity index (χ0) is 21.5. The molecular formula is C22H30N4O4. The summed E-state index contributed by atoms with van der Waals surface area (Å²) in [5.74, 6) is -0.241. The predicted molar refractivity (Wildman–Crippen MR) is 112 cm³/mol. The van der Waals surface area contributed by atoms with Crippen LogP contribution in [0.15, 0.2) is 24.3 Å². The first-order valence-electron chi connectivity index (χ1n) is 10.7. The molecule has 162 valence electrons. The number of nitrogens with one attached hydrogen (secondary N) is 2. The zero-order valence-corrected chi connectivity index (χ0v) is 17.8. The smallest absolute Gasteiger partial charge is 0.255 e. The van der Waals surface area contributed by atoms with Crippen LogP contribution < -0.4 is 10.6 Å². The third-order valence-electron chi connectivity index (χ3n) is 6.32. The van der Waals surface area contributed by atoms with Crippen LogP contribution in [0.1, 0.15) is 50.4 Å². The van der Waals surface area contributed by atoms with Crippen molar-refractivity contribution in [3.05, 3.63) is 29.8 Å². The van der Waals surface area contributed by atoms with Crippen molar-refractivity contribution in [3.8, 4) is 0 Å². The highest BCUT2D eigenvalue weighted by Gasteiger charge is 2.42. The van der Waals surface area contributed by atoms with Gasteiger partial charge < -0.3 is 25.2 Å². The average Bonchev–Trinajstić information content (AvgIpc) is 2.85. The van der Waals surface area contributed by atoms with Gasteiger partial charge in [-0.25, -0.2) is 0 Å². The summed E-state index contributed by atoms with van der Waals surface area (Å²) in [6, 6.07) is 6.84. The van der Waals surface area contributed by atoms with E-state index in [1.165, 1.54) is 0 Å². The van der Waals surface area contributed by atoms with Crippen LogP contribution in [0.2, 0.25) is 0 Å². The molecule has 0 aliphatic carbocycles. The Kier molecular flexibility index (Phi) is 5.44. The Balaban J connectivity index is 1.48. The maximum atomic E-state index is 13.1. The summed E-state index contributed by atoms with van der Waals surface area (Å²) in [4.78, 5) is 42.1. The lowest BCUT2D eigenvalue weighted by Gasteiger charge is -2.40. The predicted octanol–water partition coefficient (Wildman–Crippen LogP) is 1.58. The average molecular weight is 415 g/mol. The number of benzene rings is 1. The minimum Gasteiger partial charge on any atom is -0.372 e. The molecule has 4 rings (SSSR count). The fourth-order valence-corrected chi connectivity index (χ4v) is 4.80. The monoisotopic (exact) mass is 414 g/mol. The van der Waals surface area contributed by atoms with E-state index in [0.29, 0.717) is 38.0 Å². The van der Waals surface area contributed by atoms with Crippen LogP contribution in [0.4, 0.5) is 5.69 Å². The molecule has 3 aliphatic rings. The van der Waals surface area contributed by atoms with Gasteiger partial charge in [-0.3, -0.25) is 14.4 Å². The Hall–Kier alpha value is -2.61. The molecule has 3 heterocycles. The van der Waals surface area contributed by atoms with Crippen LogP contribution in [0.5, 0.6) is 0 Å². The number of carbonyl (C=O) groups is 3. The molecule has 30 heavy (non-hydrogen) atoms. The number of carbonyl (C=O) groups excluding carboxylic acids is 3. The molecule has 4 atom stereocenters. The van der Waals surface area contributed by atoms with E-state index in [-0.39, 0.29) is 36.4 Å². The van der Waals surface area contributed by atoms with Gasteiger partial charge in [0.05, 0.1) is 17.8 Å². The summed E-state index contributed by atoms with van der Waals surface area (Å²) in [5.41, 5.74) is 0.706. The molecule has 4 unspecified atom stereocenters. The van der Waals surface area contributed by atoms with Crippen LogP contribution in [0.3, 0.4) is 0 Å². The first-order chi connectivity index (χ1) is 14.3. The number of nitrogens with zero attached hydrogens (tertiary/aromatic N) is 2. The Bertz CT molecular complexity index is 849. The second-order valence-electron chi connectivity index (χ2n) is 8.72. The van der Waals surface area contributed by atoms with E-state index in [9.17, 15) is 14.4 Å². The topological polar surface area (TPSA) is 91.0 Å². The van der Waals surface area contributed by atoms with Gasteiger partial charge in [-0.2, -0.15) is 0 Å². The number of ether oxygens (including phenoxy) is 1. The fourth-order valence-electron chi connectivity index (χ4n) is 4.80. The van der Waals surface area contributed by atoms with Crippen LogP contribution in [-0.2, 0) is 14.3 Å². The molecule has 3 aliphatic heterocycles. The molecule has 1 aromatic rings. The third kappa shape index (κ3) is 3.88. The van der Waals surface area contributed by atoms with Gasteiger partial charge in [0.1, 0.15) is 11.7 Å². The largest absolute Gasteiger partial charge is 0.372 e. The molecule has 2 saturated heterocycles. The molecule has 0 saturated carbocycles. The number of hydrogen-bond donors (Lipinski definition) is 2. The highest BCUT2D eigenvalue weighted by molar-refractivity contribution is 6.02. The quantitative estimate of drug-likeness (QED) is 0.767. The number of morpholine rings is 1. The Morgan fingerprint density at radius 2 is 1.83 bits per heavy atom. The third-order valence-corrected chi connectivity index (χ3v) is 6.32.